The molecule has 0 spiro atoms. The van der Waals surface area contributed by atoms with Gasteiger partial charge in [-0.15, -0.1) is 0 Å². The van der Waals surface area contributed by atoms with Crippen LogP contribution in [0.5, 0.6) is 28.7 Å². The summed E-state index contributed by atoms with van der Waals surface area (Å²) in [5, 5.41) is 68.2. The lowest BCUT2D eigenvalue weighted by Crippen LogP contribution is -2.60. The van der Waals surface area contributed by atoms with Crippen molar-refractivity contribution in [2.45, 2.75) is 30.7 Å². The van der Waals surface area contributed by atoms with Crippen LogP contribution in [-0.2, 0) is 14.3 Å². The summed E-state index contributed by atoms with van der Waals surface area (Å²) in [5.74, 6) is -2.34. The highest BCUT2D eigenvalue weighted by atomic mass is 16.7. The van der Waals surface area contributed by atoms with Gasteiger partial charge in [0.2, 0.25) is 6.29 Å². The molecule has 172 valence electrons. The van der Waals surface area contributed by atoms with E-state index in [2.05, 4.69) is 0 Å². The summed E-state index contributed by atoms with van der Waals surface area (Å²) in [7, 11) is 0. The zero-order chi connectivity index (χ0) is 23.4. The summed E-state index contributed by atoms with van der Waals surface area (Å²) < 4.78 is 15.7. The molecule has 1 fully saturated rings. The Morgan fingerprint density at radius 1 is 0.906 bits per heavy atom. The van der Waals surface area contributed by atoms with Gasteiger partial charge in [-0.3, -0.25) is 0 Å². The van der Waals surface area contributed by atoms with Crippen molar-refractivity contribution in [3.8, 4) is 28.7 Å². The van der Waals surface area contributed by atoms with Gasteiger partial charge in [0.25, 0.3) is 0 Å². The van der Waals surface area contributed by atoms with Crippen molar-refractivity contribution in [3.63, 3.8) is 0 Å². The molecule has 11 heteroatoms. The first kappa shape index (κ1) is 23.2. The monoisotopic (exact) mass is 450 g/mol. The topological polar surface area (TPSA) is 186 Å². The normalized spacial score (nSPS) is 25.5. The smallest absolute Gasteiger partial charge is 0.330 e. The third kappa shape index (κ3) is 5.39. The number of aliphatic hydroxyl groups is 3. The molecule has 1 aliphatic rings. The van der Waals surface area contributed by atoms with Gasteiger partial charge in [-0.2, -0.15) is 0 Å². The summed E-state index contributed by atoms with van der Waals surface area (Å²) in [4.78, 5) is 12.0. The van der Waals surface area contributed by atoms with E-state index in [1.54, 1.807) is 0 Å². The van der Waals surface area contributed by atoms with Gasteiger partial charge in [-0.1, -0.05) is 6.07 Å². The fourth-order valence-electron chi connectivity index (χ4n) is 2.90. The number of aliphatic hydroxyl groups excluding tert-OH is 3. The van der Waals surface area contributed by atoms with E-state index < -0.39 is 49.0 Å². The number of ether oxygens (including phenoxy) is 3. The van der Waals surface area contributed by atoms with Crippen LogP contribution in [0, 0.1) is 0 Å². The summed E-state index contributed by atoms with van der Waals surface area (Å²) in [6.07, 6.45) is -5.44. The minimum absolute atomic E-state index is 0.161. The number of benzene rings is 2. The maximum atomic E-state index is 12.0. The Morgan fingerprint density at radius 2 is 1.66 bits per heavy atom. The molecule has 0 aromatic heterocycles. The van der Waals surface area contributed by atoms with Gasteiger partial charge in [0.15, 0.2) is 23.0 Å². The van der Waals surface area contributed by atoms with Crippen LogP contribution in [-0.4, -0.2) is 79.0 Å². The third-order valence-corrected chi connectivity index (χ3v) is 4.66. The minimum Gasteiger partial charge on any atom is -0.508 e. The van der Waals surface area contributed by atoms with Crippen molar-refractivity contribution < 1.29 is 54.8 Å². The Bertz CT molecular complexity index is 990. The second-order valence-corrected chi connectivity index (χ2v) is 7.00. The first-order valence-corrected chi connectivity index (χ1v) is 9.41. The van der Waals surface area contributed by atoms with E-state index in [-0.39, 0.29) is 23.0 Å². The van der Waals surface area contributed by atoms with Gasteiger partial charge in [-0.25, -0.2) is 4.79 Å². The lowest BCUT2D eigenvalue weighted by atomic mass is 9.99. The standard InChI is InChI=1S/C21H22O11/c22-11-3-5-15(14(25)8-11)31-21-20(29)19(28)18(27)16(32-21)9-30-17(26)6-2-10-1-4-12(23)13(24)7-10/h1-8,16,18-25,27-29H,9H2/t16-,18-,19+,20-,21-/m1/s1. The van der Waals surface area contributed by atoms with Crippen molar-refractivity contribution in [1.29, 1.82) is 0 Å². The second-order valence-electron chi connectivity index (χ2n) is 7.00. The van der Waals surface area contributed by atoms with Crippen molar-refractivity contribution in [1.82, 2.24) is 0 Å². The molecule has 1 aliphatic heterocycles. The molecule has 0 bridgehead atoms. The van der Waals surface area contributed by atoms with Gasteiger partial charge >= 0.3 is 5.97 Å². The SMILES string of the molecule is O=C(C=Cc1ccc(O)c(O)c1)OC[C@H]1O[C@@H](Oc2ccc(O)cc2O)[C@H](O)[C@@H](O)[C@@H]1O. The lowest BCUT2D eigenvalue weighted by molar-refractivity contribution is -0.278. The Labute approximate surface area is 181 Å². The molecule has 7 N–H and O–H groups in total. The van der Waals surface area contributed by atoms with E-state index in [1.165, 1.54) is 36.4 Å². The van der Waals surface area contributed by atoms with Crippen molar-refractivity contribution >= 4 is 12.0 Å². The van der Waals surface area contributed by atoms with E-state index in [1.807, 2.05) is 0 Å². The molecule has 0 radical (unpaired) electrons. The number of rotatable bonds is 6. The van der Waals surface area contributed by atoms with E-state index >= 15 is 0 Å². The van der Waals surface area contributed by atoms with Gasteiger partial charge in [-0.05, 0) is 35.9 Å². The number of aromatic hydroxyl groups is 4. The number of esters is 1. The van der Waals surface area contributed by atoms with E-state index in [9.17, 15) is 40.5 Å². The third-order valence-electron chi connectivity index (χ3n) is 4.66. The van der Waals surface area contributed by atoms with Crippen molar-refractivity contribution in [3.05, 3.63) is 48.0 Å². The second kappa shape index (κ2) is 9.75. The number of phenolic OH excluding ortho intramolecular Hbond substituents is 4. The predicted molar refractivity (Wildman–Crippen MR) is 107 cm³/mol. The maximum absolute atomic E-state index is 12.0. The lowest BCUT2D eigenvalue weighted by Gasteiger charge is -2.39. The Balaban J connectivity index is 1.61. The fraction of sp³-hybridized carbons (Fsp3) is 0.286. The average Bonchev–Trinajstić information content (AvgIpc) is 2.75. The van der Waals surface area contributed by atoms with Gasteiger partial charge in [0.1, 0.15) is 36.8 Å². The number of hydrogen-bond donors (Lipinski definition) is 7. The zero-order valence-electron chi connectivity index (χ0n) is 16.5. The molecule has 1 heterocycles. The molecule has 0 aliphatic carbocycles. The number of carbonyl (C=O) groups excluding carboxylic acids is 1. The van der Waals surface area contributed by atoms with Crippen molar-refractivity contribution in [2.24, 2.45) is 0 Å². The molecule has 0 unspecified atom stereocenters. The van der Waals surface area contributed by atoms with Gasteiger partial charge in [0, 0.05) is 12.1 Å². The van der Waals surface area contributed by atoms with Crippen molar-refractivity contribution in [2.75, 3.05) is 6.61 Å². The number of carbonyl (C=O) groups is 1. The van der Waals surface area contributed by atoms with Crippen LogP contribution in [0.3, 0.4) is 0 Å². The number of hydrogen-bond acceptors (Lipinski definition) is 11. The van der Waals surface area contributed by atoms with E-state index in [0.717, 1.165) is 12.1 Å². The minimum atomic E-state index is -1.70. The fourth-order valence-corrected chi connectivity index (χ4v) is 2.90. The van der Waals surface area contributed by atoms with Crippen LogP contribution in [0.4, 0.5) is 0 Å². The molecule has 1 saturated heterocycles. The molecule has 0 amide bonds. The summed E-state index contributed by atoms with van der Waals surface area (Å²) in [6.45, 7) is -0.504. The quantitative estimate of drug-likeness (QED) is 0.178. The Morgan fingerprint density at radius 3 is 2.34 bits per heavy atom. The highest BCUT2D eigenvalue weighted by Gasteiger charge is 2.45. The van der Waals surface area contributed by atoms with Crippen LogP contribution in [0.1, 0.15) is 5.56 Å². The van der Waals surface area contributed by atoms with E-state index in [4.69, 9.17) is 14.2 Å². The van der Waals surface area contributed by atoms with E-state index in [0.29, 0.717) is 5.56 Å². The average molecular weight is 450 g/mol. The van der Waals surface area contributed by atoms with Crippen LogP contribution < -0.4 is 4.74 Å². The van der Waals surface area contributed by atoms with Crippen LogP contribution in [0.15, 0.2) is 42.5 Å². The predicted octanol–water partition coefficient (Wildman–Crippen LogP) is -0.0480. The molecule has 32 heavy (non-hydrogen) atoms. The highest BCUT2D eigenvalue weighted by molar-refractivity contribution is 5.87. The van der Waals surface area contributed by atoms with Gasteiger partial charge in [0.05, 0.1) is 0 Å². The van der Waals surface area contributed by atoms with Crippen LogP contribution >= 0.6 is 0 Å². The Hall–Kier alpha value is -3.51. The van der Waals surface area contributed by atoms with Crippen LogP contribution in [0.25, 0.3) is 6.08 Å². The first-order valence-electron chi connectivity index (χ1n) is 9.41. The maximum Gasteiger partial charge on any atom is 0.330 e. The zero-order valence-corrected chi connectivity index (χ0v) is 16.5. The summed E-state index contributed by atoms with van der Waals surface area (Å²) in [6, 6.07) is 7.34. The summed E-state index contributed by atoms with van der Waals surface area (Å²) >= 11 is 0. The molecule has 5 atom stereocenters. The largest absolute Gasteiger partial charge is 0.508 e. The molecule has 2 aromatic carbocycles. The first-order chi connectivity index (χ1) is 15.2. The summed E-state index contributed by atoms with van der Waals surface area (Å²) in [5.41, 5.74) is 0.409. The molecule has 2 aromatic rings. The van der Waals surface area contributed by atoms with Crippen LogP contribution in [0.2, 0.25) is 0 Å². The molecule has 0 saturated carbocycles. The highest BCUT2D eigenvalue weighted by Crippen LogP contribution is 2.33. The molecule has 11 nitrogen and oxygen atoms in total. The Kier molecular flexibility index (Phi) is 7.05. The molecular formula is C21H22O11. The van der Waals surface area contributed by atoms with Gasteiger partial charge < -0.3 is 50.0 Å². The number of phenols is 4. The molecular weight excluding hydrogens is 428 g/mol. The molecule has 3 rings (SSSR count).